The summed E-state index contributed by atoms with van der Waals surface area (Å²) in [6.45, 7) is 5.33. The summed E-state index contributed by atoms with van der Waals surface area (Å²) in [6.07, 6.45) is 4.66. The Labute approximate surface area is 175 Å². The number of amides is 1. The summed E-state index contributed by atoms with van der Waals surface area (Å²) in [6, 6.07) is 2.71. The van der Waals surface area contributed by atoms with Gasteiger partial charge in [-0.3, -0.25) is 4.79 Å². The number of nitrogens with one attached hydrogen (secondary N) is 1. The van der Waals surface area contributed by atoms with Crippen LogP contribution in [0.5, 0.6) is 5.75 Å². The molecule has 1 heterocycles. The number of hydrogen-bond acceptors (Lipinski definition) is 5. The third-order valence-electron chi connectivity index (χ3n) is 5.72. The largest absolute Gasteiger partial charge is 0.480 e. The molecule has 7 heteroatoms. The van der Waals surface area contributed by atoms with E-state index in [0.717, 1.165) is 48.6 Å². The second-order valence-electron chi connectivity index (χ2n) is 7.92. The van der Waals surface area contributed by atoms with Gasteiger partial charge in [0, 0.05) is 16.5 Å². The van der Waals surface area contributed by atoms with Crippen molar-refractivity contribution in [2.75, 3.05) is 0 Å². The Morgan fingerprint density at radius 2 is 1.93 bits per heavy atom. The quantitative estimate of drug-likeness (QED) is 0.639. The van der Waals surface area contributed by atoms with Gasteiger partial charge in [-0.15, -0.1) is 0 Å². The number of benzene rings is 1. The molecule has 2 N–H and O–H groups in total. The predicted octanol–water partition coefficient (Wildman–Crippen LogP) is 3.51. The molecule has 2 atom stereocenters. The first-order valence-electron chi connectivity index (χ1n) is 10.6. The monoisotopic (exact) mass is 415 g/mol. The van der Waals surface area contributed by atoms with E-state index in [1.54, 1.807) is 19.9 Å². The minimum atomic E-state index is -1.06. The topological polar surface area (TPSA) is 106 Å². The molecule has 3 rings (SSSR count). The summed E-state index contributed by atoms with van der Waals surface area (Å²) >= 11 is 0. The number of carboxylic acids is 1. The summed E-state index contributed by atoms with van der Waals surface area (Å²) in [4.78, 5) is 36.3. The Morgan fingerprint density at radius 1 is 1.23 bits per heavy atom. The maximum atomic E-state index is 12.5. The van der Waals surface area contributed by atoms with Gasteiger partial charge in [0.25, 0.3) is 5.91 Å². The summed E-state index contributed by atoms with van der Waals surface area (Å²) in [5.74, 6) is -1.12. The van der Waals surface area contributed by atoms with E-state index in [9.17, 15) is 19.5 Å². The van der Waals surface area contributed by atoms with Crippen molar-refractivity contribution >= 4 is 22.8 Å². The van der Waals surface area contributed by atoms with Crippen LogP contribution in [0.1, 0.15) is 62.6 Å². The zero-order valence-electron chi connectivity index (χ0n) is 17.7. The number of carbonyl (C=O) groups excluding carboxylic acids is 1. The van der Waals surface area contributed by atoms with Crippen LogP contribution < -0.4 is 15.7 Å². The van der Waals surface area contributed by atoms with Crippen molar-refractivity contribution in [2.45, 2.75) is 77.9 Å². The van der Waals surface area contributed by atoms with E-state index in [4.69, 9.17) is 9.15 Å². The molecule has 2 aromatic rings. The molecule has 0 saturated carbocycles. The first-order chi connectivity index (χ1) is 14.3. The molecule has 1 amide bonds. The van der Waals surface area contributed by atoms with Crippen LogP contribution in [0.15, 0.2) is 21.3 Å². The van der Waals surface area contributed by atoms with Crippen LogP contribution in [-0.2, 0) is 22.4 Å². The normalized spacial score (nSPS) is 15.3. The van der Waals surface area contributed by atoms with Crippen LogP contribution in [0.2, 0.25) is 0 Å². The molecule has 0 aliphatic heterocycles. The Bertz CT molecular complexity index is 1010. The van der Waals surface area contributed by atoms with E-state index < -0.39 is 24.0 Å². The Morgan fingerprint density at radius 3 is 2.60 bits per heavy atom. The molecule has 0 radical (unpaired) electrons. The van der Waals surface area contributed by atoms with Crippen molar-refractivity contribution in [3.05, 3.63) is 39.2 Å². The van der Waals surface area contributed by atoms with Crippen LogP contribution in [0.3, 0.4) is 0 Å². The van der Waals surface area contributed by atoms with Crippen molar-refractivity contribution in [2.24, 2.45) is 0 Å². The number of ether oxygens (including phenoxy) is 1. The summed E-state index contributed by atoms with van der Waals surface area (Å²) < 4.78 is 11.4. The second-order valence-corrected chi connectivity index (χ2v) is 7.92. The van der Waals surface area contributed by atoms with Crippen LogP contribution in [0.4, 0.5) is 0 Å². The van der Waals surface area contributed by atoms with Crippen LogP contribution in [-0.4, -0.2) is 29.1 Å². The van der Waals surface area contributed by atoms with Gasteiger partial charge in [-0.2, -0.15) is 0 Å². The summed E-state index contributed by atoms with van der Waals surface area (Å²) in [7, 11) is 0. The van der Waals surface area contributed by atoms with E-state index in [-0.39, 0.29) is 5.63 Å². The van der Waals surface area contributed by atoms with Gasteiger partial charge < -0.3 is 19.6 Å². The van der Waals surface area contributed by atoms with E-state index >= 15 is 0 Å². The van der Waals surface area contributed by atoms with E-state index in [1.807, 2.05) is 13.0 Å². The van der Waals surface area contributed by atoms with Crippen molar-refractivity contribution in [3.8, 4) is 5.75 Å². The SMILES string of the molecule is CCCC[C@@H](NC(=O)[C@@H](C)Oc1ccc2c3c(c(=O)oc2c1C)CCCC3)C(=O)O. The van der Waals surface area contributed by atoms with Gasteiger partial charge in [0.05, 0.1) is 0 Å². The lowest BCUT2D eigenvalue weighted by Crippen LogP contribution is -2.46. The maximum absolute atomic E-state index is 12.5. The average molecular weight is 415 g/mol. The number of carbonyl (C=O) groups is 2. The smallest absolute Gasteiger partial charge is 0.339 e. The van der Waals surface area contributed by atoms with Crippen molar-refractivity contribution < 1.29 is 23.8 Å². The molecule has 30 heavy (non-hydrogen) atoms. The van der Waals surface area contributed by atoms with Gasteiger partial charge in [0.2, 0.25) is 0 Å². The van der Waals surface area contributed by atoms with Crippen LogP contribution >= 0.6 is 0 Å². The Balaban J connectivity index is 1.81. The van der Waals surface area contributed by atoms with Crippen molar-refractivity contribution in [1.29, 1.82) is 0 Å². The number of fused-ring (bicyclic) bond motifs is 3. The van der Waals surface area contributed by atoms with Gasteiger partial charge >= 0.3 is 11.6 Å². The lowest BCUT2D eigenvalue weighted by Gasteiger charge is -2.21. The third-order valence-corrected chi connectivity index (χ3v) is 5.72. The van der Waals surface area contributed by atoms with E-state index in [0.29, 0.717) is 29.7 Å². The maximum Gasteiger partial charge on any atom is 0.339 e. The number of hydrogen-bond donors (Lipinski definition) is 2. The molecule has 0 unspecified atom stereocenters. The standard InChI is InChI=1S/C23H29NO6/c1-4-5-10-18(22(26)27)24-21(25)14(3)29-19-12-11-16-15-8-6-7-9-17(15)23(28)30-20(16)13(19)2/h11-12,14,18H,4-10H2,1-3H3,(H,24,25)(H,26,27)/t14-,18-/m1/s1. The fraction of sp³-hybridized carbons (Fsp3) is 0.522. The predicted molar refractivity (Wildman–Crippen MR) is 113 cm³/mol. The fourth-order valence-electron chi connectivity index (χ4n) is 3.95. The molecule has 1 aliphatic rings. The number of aliphatic carboxylic acids is 1. The Kier molecular flexibility index (Phi) is 6.80. The number of rotatable bonds is 8. The van der Waals surface area contributed by atoms with Crippen molar-refractivity contribution in [1.82, 2.24) is 5.32 Å². The minimum absolute atomic E-state index is 0.302. The zero-order chi connectivity index (χ0) is 21.8. The zero-order valence-corrected chi connectivity index (χ0v) is 17.7. The highest BCUT2D eigenvalue weighted by atomic mass is 16.5. The Hall–Kier alpha value is -2.83. The summed E-state index contributed by atoms with van der Waals surface area (Å²) in [5.41, 5.74) is 2.65. The highest BCUT2D eigenvalue weighted by Crippen LogP contribution is 2.32. The summed E-state index contributed by atoms with van der Waals surface area (Å²) in [5, 5.41) is 12.8. The molecular formula is C23H29NO6. The number of unbranched alkanes of at least 4 members (excludes halogenated alkanes) is 1. The van der Waals surface area contributed by atoms with E-state index in [2.05, 4.69) is 5.32 Å². The van der Waals surface area contributed by atoms with Crippen LogP contribution in [0, 0.1) is 6.92 Å². The number of aryl methyl sites for hydroxylation is 2. The molecule has 0 bridgehead atoms. The molecule has 1 aromatic carbocycles. The second kappa shape index (κ2) is 9.32. The van der Waals surface area contributed by atoms with Gasteiger partial charge in [0.1, 0.15) is 17.4 Å². The van der Waals surface area contributed by atoms with E-state index in [1.165, 1.54) is 0 Å². The highest BCUT2D eigenvalue weighted by Gasteiger charge is 2.25. The first-order valence-corrected chi connectivity index (χ1v) is 10.6. The molecule has 0 fully saturated rings. The minimum Gasteiger partial charge on any atom is -0.480 e. The van der Waals surface area contributed by atoms with Gasteiger partial charge in [-0.1, -0.05) is 19.8 Å². The fourth-order valence-corrected chi connectivity index (χ4v) is 3.95. The van der Waals surface area contributed by atoms with Crippen LogP contribution in [0.25, 0.3) is 11.0 Å². The first kappa shape index (κ1) is 21.9. The molecule has 0 spiro atoms. The molecular weight excluding hydrogens is 386 g/mol. The lowest BCUT2D eigenvalue weighted by atomic mass is 9.90. The van der Waals surface area contributed by atoms with Gasteiger partial charge in [-0.05, 0) is 63.6 Å². The van der Waals surface area contributed by atoms with Gasteiger partial charge in [0.15, 0.2) is 6.10 Å². The highest BCUT2D eigenvalue weighted by molar-refractivity contribution is 5.88. The van der Waals surface area contributed by atoms with Crippen molar-refractivity contribution in [3.63, 3.8) is 0 Å². The third kappa shape index (κ3) is 4.50. The lowest BCUT2D eigenvalue weighted by molar-refractivity contribution is -0.143. The molecule has 0 saturated heterocycles. The molecule has 1 aliphatic carbocycles. The van der Waals surface area contributed by atoms with Gasteiger partial charge in [-0.25, -0.2) is 9.59 Å². The molecule has 162 valence electrons. The molecule has 7 nitrogen and oxygen atoms in total. The number of carboxylic acid groups (broad SMARTS) is 1. The molecule has 1 aromatic heterocycles. The average Bonchev–Trinajstić information content (AvgIpc) is 2.73.